The van der Waals surface area contributed by atoms with E-state index in [4.69, 9.17) is 14.2 Å². The number of esters is 1. The smallest absolute Gasteiger partial charge is 0.307 e. The van der Waals surface area contributed by atoms with Crippen LogP contribution in [0.5, 0.6) is 11.5 Å². The molecule has 0 saturated heterocycles. The van der Waals surface area contributed by atoms with Gasteiger partial charge in [0.1, 0.15) is 24.7 Å². The predicted molar refractivity (Wildman–Crippen MR) is 259 cm³/mol. The SMILES string of the molecule is CC1(C)CCC(C)(C)c2cc(COc3ccc([C@@H](CC(=O)O)n4cccc4)cc3)ccc21.COC(=O)CC(c1ccc(OCc2ccc3c(c2)C(C)(C)CCC3(C)C)cc1)n1cccc1. The Kier molecular flexibility index (Phi) is 13.9. The summed E-state index contributed by atoms with van der Waals surface area (Å²) in [6.45, 7) is 19.8. The Morgan fingerprint density at radius 1 is 0.523 bits per heavy atom. The van der Waals surface area contributed by atoms with Gasteiger partial charge in [0.25, 0.3) is 0 Å². The molecule has 6 aromatic rings. The Hall–Kier alpha value is -6.02. The molecule has 2 aliphatic rings. The lowest BCUT2D eigenvalue weighted by molar-refractivity contribution is -0.141. The molecule has 342 valence electrons. The van der Waals surface area contributed by atoms with Gasteiger partial charge < -0.3 is 28.5 Å². The first-order valence-electron chi connectivity index (χ1n) is 23.1. The number of hydrogen-bond acceptors (Lipinski definition) is 5. The number of benzene rings is 4. The summed E-state index contributed by atoms with van der Waals surface area (Å²) >= 11 is 0. The topological polar surface area (TPSA) is 91.9 Å². The monoisotopic (exact) mass is 877 g/mol. The first kappa shape index (κ1) is 47.0. The molecule has 2 heterocycles. The van der Waals surface area contributed by atoms with E-state index in [0.29, 0.717) is 13.2 Å². The normalized spacial score (nSPS) is 17.2. The predicted octanol–water partition coefficient (Wildman–Crippen LogP) is 13.0. The highest BCUT2D eigenvalue weighted by atomic mass is 16.5. The van der Waals surface area contributed by atoms with E-state index >= 15 is 0 Å². The molecule has 8 rings (SSSR count). The zero-order chi connectivity index (χ0) is 46.6. The number of nitrogens with zero attached hydrogens (tertiary/aromatic N) is 2. The average Bonchev–Trinajstić information content (AvgIpc) is 4.03. The van der Waals surface area contributed by atoms with E-state index in [1.165, 1.54) is 66.2 Å². The van der Waals surface area contributed by atoms with Crippen molar-refractivity contribution < 1.29 is 28.9 Å². The molecular weight excluding hydrogens is 809 g/mol. The molecule has 0 aliphatic heterocycles. The van der Waals surface area contributed by atoms with Crippen molar-refractivity contribution in [1.82, 2.24) is 9.13 Å². The van der Waals surface area contributed by atoms with Crippen molar-refractivity contribution in [2.75, 3.05) is 7.11 Å². The van der Waals surface area contributed by atoms with E-state index in [9.17, 15) is 14.7 Å². The van der Waals surface area contributed by atoms with Gasteiger partial charge in [0, 0.05) is 24.8 Å². The number of rotatable bonds is 14. The first-order chi connectivity index (χ1) is 30.8. The Labute approximate surface area is 386 Å². The quantitative estimate of drug-likeness (QED) is 0.110. The van der Waals surface area contributed by atoms with E-state index in [0.717, 1.165) is 22.6 Å². The molecule has 8 heteroatoms. The van der Waals surface area contributed by atoms with Crippen LogP contribution in [0.15, 0.2) is 134 Å². The molecule has 8 nitrogen and oxygen atoms in total. The van der Waals surface area contributed by atoms with Crippen LogP contribution in [-0.4, -0.2) is 33.3 Å². The van der Waals surface area contributed by atoms with Crippen molar-refractivity contribution in [3.05, 3.63) is 178 Å². The minimum absolute atomic E-state index is 0.0378. The van der Waals surface area contributed by atoms with Crippen LogP contribution in [-0.2, 0) is 49.2 Å². The number of carboxylic acid groups (broad SMARTS) is 1. The summed E-state index contributed by atoms with van der Waals surface area (Å²) in [5, 5.41) is 9.32. The number of hydrogen-bond donors (Lipinski definition) is 1. The lowest BCUT2D eigenvalue weighted by atomic mass is 9.63. The lowest BCUT2D eigenvalue weighted by Gasteiger charge is -2.42. The van der Waals surface area contributed by atoms with E-state index < -0.39 is 5.97 Å². The summed E-state index contributed by atoms with van der Waals surface area (Å²) in [6.07, 6.45) is 12.9. The maximum atomic E-state index is 11.9. The van der Waals surface area contributed by atoms with Crippen LogP contribution in [0.4, 0.5) is 0 Å². The van der Waals surface area contributed by atoms with Crippen LogP contribution in [0, 0.1) is 0 Å². The number of carbonyl (C=O) groups excluding carboxylic acids is 1. The molecule has 0 amide bonds. The van der Waals surface area contributed by atoms with Gasteiger partial charge in [-0.1, -0.05) is 116 Å². The van der Waals surface area contributed by atoms with Crippen LogP contribution in [0.2, 0.25) is 0 Å². The minimum atomic E-state index is -0.817. The number of aromatic nitrogens is 2. The molecule has 2 atom stereocenters. The number of carboxylic acids is 1. The lowest BCUT2D eigenvalue weighted by Crippen LogP contribution is -2.33. The van der Waals surface area contributed by atoms with E-state index in [2.05, 4.69) is 91.8 Å². The third kappa shape index (κ3) is 11.1. The van der Waals surface area contributed by atoms with Gasteiger partial charge >= 0.3 is 11.9 Å². The molecule has 65 heavy (non-hydrogen) atoms. The fraction of sp³-hybridized carbons (Fsp3) is 0.404. The van der Waals surface area contributed by atoms with E-state index in [1.807, 2.05) is 107 Å². The van der Waals surface area contributed by atoms with E-state index in [-0.39, 0.29) is 52.6 Å². The molecule has 0 fully saturated rings. The Balaban J connectivity index is 0.000000194. The molecule has 2 aromatic heterocycles. The third-order valence-corrected chi connectivity index (χ3v) is 14.1. The number of carbonyl (C=O) groups is 2. The zero-order valence-electron chi connectivity index (χ0n) is 39.9. The van der Waals surface area contributed by atoms with Crippen LogP contribution in [0.25, 0.3) is 0 Å². The van der Waals surface area contributed by atoms with Crippen molar-refractivity contribution >= 4 is 11.9 Å². The second kappa shape index (κ2) is 19.2. The molecule has 1 N–H and O–H groups in total. The fourth-order valence-electron chi connectivity index (χ4n) is 9.67. The van der Waals surface area contributed by atoms with Crippen LogP contribution < -0.4 is 9.47 Å². The molecule has 4 aromatic carbocycles. The molecule has 2 aliphatic carbocycles. The Morgan fingerprint density at radius 3 is 1.23 bits per heavy atom. The molecule has 0 spiro atoms. The fourth-order valence-corrected chi connectivity index (χ4v) is 9.67. The minimum Gasteiger partial charge on any atom is -0.489 e. The largest absolute Gasteiger partial charge is 0.489 e. The number of ether oxygens (including phenoxy) is 3. The van der Waals surface area contributed by atoms with Gasteiger partial charge in [0.2, 0.25) is 0 Å². The van der Waals surface area contributed by atoms with Gasteiger partial charge in [0.15, 0.2) is 0 Å². The molecule has 0 bridgehead atoms. The van der Waals surface area contributed by atoms with Crippen molar-refractivity contribution in [2.24, 2.45) is 0 Å². The highest BCUT2D eigenvalue weighted by Gasteiger charge is 2.38. The van der Waals surface area contributed by atoms with Gasteiger partial charge in [-0.25, -0.2) is 0 Å². The van der Waals surface area contributed by atoms with Crippen molar-refractivity contribution in [1.29, 1.82) is 0 Å². The standard InChI is InChI=1S/C29H35NO3.C28H33NO3/c1-28(2)14-15-29(3,4)25-18-21(8-13-24(25)28)20-33-23-11-9-22(10-12-23)26(19-27(31)32-5)30-16-6-7-17-30;1-27(2)13-14-28(3,4)24-17-20(7-12-23(24)27)19-32-22-10-8-21(9-11-22)25(18-26(30)31)29-15-5-6-16-29/h6-13,16-18,26H,14-15,19-20H2,1-5H3;5-12,15-17,25H,13-14,18-19H2,1-4H3,(H,30,31)/t;25-/m.1/s1. The van der Waals surface area contributed by atoms with Crippen LogP contribution in [0.1, 0.15) is 151 Å². The second-order valence-electron chi connectivity index (χ2n) is 20.7. The van der Waals surface area contributed by atoms with Crippen molar-refractivity contribution in [3.8, 4) is 11.5 Å². The molecule has 0 saturated carbocycles. The van der Waals surface area contributed by atoms with Gasteiger partial charge in [-0.2, -0.15) is 0 Å². The van der Waals surface area contributed by atoms with Gasteiger partial charge in [-0.3, -0.25) is 9.59 Å². The van der Waals surface area contributed by atoms with E-state index in [1.54, 1.807) is 0 Å². The number of fused-ring (bicyclic) bond motifs is 2. The summed E-state index contributed by atoms with van der Waals surface area (Å²) in [5.41, 5.74) is 11.0. The van der Waals surface area contributed by atoms with Gasteiger partial charge in [-0.05, 0) is 140 Å². The molecular formula is C57H68N2O6. The summed E-state index contributed by atoms with van der Waals surface area (Å²) < 4.78 is 21.1. The number of methoxy groups -OCH3 is 1. The summed E-state index contributed by atoms with van der Waals surface area (Å²) in [5.74, 6) is 0.558. The van der Waals surface area contributed by atoms with Gasteiger partial charge in [-0.15, -0.1) is 0 Å². The maximum Gasteiger partial charge on any atom is 0.307 e. The molecule has 0 radical (unpaired) electrons. The first-order valence-corrected chi connectivity index (χ1v) is 23.1. The summed E-state index contributed by atoms with van der Waals surface area (Å²) in [6, 6.07) is 36.8. The van der Waals surface area contributed by atoms with Crippen molar-refractivity contribution in [3.63, 3.8) is 0 Å². The van der Waals surface area contributed by atoms with Crippen molar-refractivity contribution in [2.45, 2.75) is 141 Å². The second-order valence-corrected chi connectivity index (χ2v) is 20.7. The maximum absolute atomic E-state index is 11.9. The zero-order valence-corrected chi connectivity index (χ0v) is 39.9. The highest BCUT2D eigenvalue weighted by molar-refractivity contribution is 5.70. The Morgan fingerprint density at radius 2 is 0.877 bits per heavy atom. The Bertz CT molecular complexity index is 2530. The molecule has 1 unspecified atom stereocenters. The highest BCUT2D eigenvalue weighted by Crippen LogP contribution is 2.47. The summed E-state index contributed by atoms with van der Waals surface area (Å²) in [4.78, 5) is 23.3. The third-order valence-electron chi connectivity index (χ3n) is 14.1. The average molecular weight is 877 g/mol. The van der Waals surface area contributed by atoms with Crippen LogP contribution >= 0.6 is 0 Å². The van der Waals surface area contributed by atoms with Crippen LogP contribution in [0.3, 0.4) is 0 Å². The van der Waals surface area contributed by atoms with Gasteiger partial charge in [0.05, 0.1) is 32.0 Å². The summed E-state index contributed by atoms with van der Waals surface area (Å²) in [7, 11) is 1.43. The number of aliphatic carboxylic acids is 1.